The molecule has 4 aromatic heterocycles. The lowest BCUT2D eigenvalue weighted by Crippen LogP contribution is -2.25. The number of carboxylic acids is 1. The van der Waals surface area contributed by atoms with Crippen LogP contribution in [0.4, 0.5) is 29.1 Å². The van der Waals surface area contributed by atoms with Gasteiger partial charge in [-0.15, -0.1) is 0 Å². The van der Waals surface area contributed by atoms with Crippen molar-refractivity contribution < 1.29 is 27.5 Å². The molecule has 38 heavy (non-hydrogen) atoms. The summed E-state index contributed by atoms with van der Waals surface area (Å²) in [5.74, 6) is -1.75. The molecular formula is C24H17ClF4N6O3. The zero-order valence-corrected chi connectivity index (χ0v) is 20.2. The molecule has 0 saturated heterocycles. The van der Waals surface area contributed by atoms with E-state index >= 15 is 0 Å². The van der Waals surface area contributed by atoms with Crippen LogP contribution in [0.25, 0.3) is 5.65 Å². The third kappa shape index (κ3) is 4.72. The Bertz CT molecular complexity index is 1660. The first-order valence-corrected chi connectivity index (χ1v) is 11.5. The van der Waals surface area contributed by atoms with Crippen LogP contribution < -0.4 is 15.8 Å². The molecule has 0 unspecified atom stereocenters. The van der Waals surface area contributed by atoms with Gasteiger partial charge in [-0.1, -0.05) is 11.6 Å². The molecular weight excluding hydrogens is 532 g/mol. The number of nitrogens with zero attached hydrogens (tertiary/aromatic N) is 5. The molecule has 9 nitrogen and oxygen atoms in total. The Morgan fingerprint density at radius 1 is 1.18 bits per heavy atom. The second-order valence-electron chi connectivity index (χ2n) is 8.64. The van der Waals surface area contributed by atoms with E-state index in [-0.39, 0.29) is 41.0 Å². The van der Waals surface area contributed by atoms with Crippen molar-refractivity contribution in [3.05, 3.63) is 92.1 Å². The highest BCUT2D eigenvalue weighted by atomic mass is 35.5. The van der Waals surface area contributed by atoms with E-state index in [4.69, 9.17) is 11.6 Å². The highest BCUT2D eigenvalue weighted by molar-refractivity contribution is 6.29. The molecule has 0 aromatic carbocycles. The second kappa shape index (κ2) is 9.24. The average Bonchev–Trinajstić information content (AvgIpc) is 3.27. The Balaban J connectivity index is 1.62. The molecule has 4 aromatic rings. The summed E-state index contributed by atoms with van der Waals surface area (Å²) in [5, 5.41) is 12.2. The number of alkyl halides is 3. The number of aromatic carboxylic acids is 1. The fourth-order valence-corrected chi connectivity index (χ4v) is 4.42. The number of hydrogen-bond donors (Lipinski definition) is 2. The predicted molar refractivity (Wildman–Crippen MR) is 129 cm³/mol. The minimum Gasteiger partial charge on any atom is -0.476 e. The van der Waals surface area contributed by atoms with Crippen molar-refractivity contribution in [2.45, 2.75) is 32.2 Å². The van der Waals surface area contributed by atoms with Crippen LogP contribution in [0.15, 0.2) is 47.5 Å². The lowest BCUT2D eigenvalue weighted by Gasteiger charge is -2.22. The average molecular weight is 549 g/mol. The van der Waals surface area contributed by atoms with Gasteiger partial charge in [0.2, 0.25) is 0 Å². The van der Waals surface area contributed by atoms with Crippen LogP contribution in [0.2, 0.25) is 5.15 Å². The molecule has 14 heteroatoms. The van der Waals surface area contributed by atoms with Crippen molar-refractivity contribution in [1.29, 1.82) is 0 Å². The number of carbonyl (C=O) groups is 1. The topological polar surface area (TPSA) is 113 Å². The molecule has 0 fully saturated rings. The minimum atomic E-state index is -4.78. The largest absolute Gasteiger partial charge is 0.476 e. The number of anilines is 2. The van der Waals surface area contributed by atoms with Gasteiger partial charge in [0.05, 0.1) is 35.7 Å². The first-order valence-electron chi connectivity index (χ1n) is 11.1. The predicted octanol–water partition coefficient (Wildman–Crippen LogP) is 4.69. The molecule has 0 radical (unpaired) electrons. The van der Waals surface area contributed by atoms with Crippen LogP contribution in [-0.2, 0) is 19.3 Å². The van der Waals surface area contributed by atoms with Gasteiger partial charge in [0.1, 0.15) is 22.4 Å². The molecule has 1 aliphatic heterocycles. The molecule has 1 aliphatic rings. The fourth-order valence-electron chi connectivity index (χ4n) is 4.27. The number of aromatic nitrogens is 4. The minimum absolute atomic E-state index is 0.00607. The monoisotopic (exact) mass is 548 g/mol. The smallest absolute Gasteiger partial charge is 0.417 e. The maximum Gasteiger partial charge on any atom is 0.417 e. The molecule has 1 atom stereocenters. The third-order valence-electron chi connectivity index (χ3n) is 6.06. The van der Waals surface area contributed by atoms with Gasteiger partial charge in [-0.3, -0.25) is 14.2 Å². The lowest BCUT2D eigenvalue weighted by molar-refractivity contribution is -0.137. The number of fused-ring (bicyclic) bond motifs is 2. The van der Waals surface area contributed by atoms with E-state index in [2.05, 4.69) is 20.3 Å². The molecule has 0 saturated carbocycles. The van der Waals surface area contributed by atoms with Gasteiger partial charge in [-0.25, -0.2) is 19.2 Å². The number of hydrogen-bond acceptors (Lipinski definition) is 7. The zero-order chi connectivity index (χ0) is 27.4. The van der Waals surface area contributed by atoms with Crippen molar-refractivity contribution in [2.75, 3.05) is 10.2 Å². The molecule has 0 aliphatic carbocycles. The van der Waals surface area contributed by atoms with Crippen LogP contribution >= 0.6 is 11.6 Å². The van der Waals surface area contributed by atoms with Crippen LogP contribution in [0.3, 0.4) is 0 Å². The number of nitrogens with one attached hydrogen (secondary N) is 1. The van der Waals surface area contributed by atoms with Crippen molar-refractivity contribution >= 4 is 34.7 Å². The van der Waals surface area contributed by atoms with E-state index < -0.39 is 40.8 Å². The van der Waals surface area contributed by atoms with Gasteiger partial charge < -0.3 is 15.3 Å². The van der Waals surface area contributed by atoms with Crippen molar-refractivity contribution in [3.8, 4) is 0 Å². The highest BCUT2D eigenvalue weighted by Gasteiger charge is 2.33. The van der Waals surface area contributed by atoms with E-state index in [1.807, 2.05) is 0 Å². The normalized spacial score (nSPS) is 14.0. The maximum absolute atomic E-state index is 13.7. The van der Waals surface area contributed by atoms with E-state index in [1.54, 1.807) is 4.90 Å². The van der Waals surface area contributed by atoms with E-state index in [9.17, 15) is 32.3 Å². The molecule has 0 spiro atoms. The standard InChI is InChI=1S/C24H17ClF4N6O3/c1-11(31-16-2-3-18(25)32-21(16)23(37)38)15-5-13(24(27,28)29)9-35-20(36)6-19(33-22(15)35)34-8-12-4-14(26)7-30-17(12)10-34/h2-7,9,11,31H,8,10H2,1H3,(H,37,38)/t11-/m1/s1. The van der Waals surface area contributed by atoms with Gasteiger partial charge in [0.15, 0.2) is 5.69 Å². The van der Waals surface area contributed by atoms with E-state index in [1.165, 1.54) is 25.1 Å². The van der Waals surface area contributed by atoms with E-state index in [0.717, 1.165) is 22.7 Å². The Kier molecular flexibility index (Phi) is 6.18. The van der Waals surface area contributed by atoms with Crippen molar-refractivity contribution in [3.63, 3.8) is 0 Å². The molecule has 0 amide bonds. The molecule has 196 valence electrons. The van der Waals surface area contributed by atoms with Crippen LogP contribution in [0.1, 0.15) is 45.8 Å². The third-order valence-corrected chi connectivity index (χ3v) is 6.27. The summed E-state index contributed by atoms with van der Waals surface area (Å²) >= 11 is 5.80. The Labute approximate surface area is 216 Å². The molecule has 2 N–H and O–H groups in total. The Morgan fingerprint density at radius 2 is 1.95 bits per heavy atom. The summed E-state index contributed by atoms with van der Waals surface area (Å²) in [6.07, 6.45) is -3.04. The molecule has 5 heterocycles. The number of rotatable bonds is 5. The summed E-state index contributed by atoms with van der Waals surface area (Å²) in [6.45, 7) is 1.91. The van der Waals surface area contributed by atoms with Gasteiger partial charge in [-0.05, 0) is 36.8 Å². The van der Waals surface area contributed by atoms with Gasteiger partial charge >= 0.3 is 12.1 Å². The number of carboxylic acid groups (broad SMARTS) is 1. The summed E-state index contributed by atoms with van der Waals surface area (Å²) in [5.41, 5.74) is -1.18. The SMILES string of the molecule is C[C@@H](Nc1ccc(Cl)nc1C(=O)O)c1cc(C(F)(F)F)cn2c(=O)cc(N3Cc4cc(F)cnc4C3)nc12. The van der Waals surface area contributed by atoms with Crippen LogP contribution in [0.5, 0.6) is 0 Å². The van der Waals surface area contributed by atoms with E-state index in [0.29, 0.717) is 17.5 Å². The molecule has 5 rings (SSSR count). The summed E-state index contributed by atoms with van der Waals surface area (Å²) in [7, 11) is 0. The van der Waals surface area contributed by atoms with Crippen molar-refractivity contribution in [2.24, 2.45) is 0 Å². The van der Waals surface area contributed by atoms with Gasteiger partial charge in [0, 0.05) is 24.4 Å². The van der Waals surface area contributed by atoms with Gasteiger partial charge in [0.25, 0.3) is 5.56 Å². The summed E-state index contributed by atoms with van der Waals surface area (Å²) < 4.78 is 55.6. The molecule has 0 bridgehead atoms. The summed E-state index contributed by atoms with van der Waals surface area (Å²) in [4.78, 5) is 38.6. The quantitative estimate of drug-likeness (QED) is 0.273. The maximum atomic E-state index is 13.7. The second-order valence-corrected chi connectivity index (χ2v) is 9.03. The lowest BCUT2D eigenvalue weighted by atomic mass is 10.1. The van der Waals surface area contributed by atoms with Crippen molar-refractivity contribution in [1.82, 2.24) is 19.4 Å². The Morgan fingerprint density at radius 3 is 2.66 bits per heavy atom. The fraction of sp³-hybridized carbons (Fsp3) is 0.208. The number of pyridine rings is 3. The Hall–Kier alpha value is -4.26. The first kappa shape index (κ1) is 25.4. The highest BCUT2D eigenvalue weighted by Crippen LogP contribution is 2.34. The van der Waals surface area contributed by atoms with Crippen LogP contribution in [0, 0.1) is 5.82 Å². The summed E-state index contributed by atoms with van der Waals surface area (Å²) in [6, 6.07) is 4.98. The first-order chi connectivity index (χ1) is 17.9. The number of halogens is 5. The van der Waals surface area contributed by atoms with Crippen LogP contribution in [-0.4, -0.2) is 30.4 Å². The zero-order valence-electron chi connectivity index (χ0n) is 19.4. The van der Waals surface area contributed by atoms with Gasteiger partial charge in [-0.2, -0.15) is 13.2 Å².